The molecule has 1 rings (SSSR count). The van der Waals surface area contributed by atoms with Gasteiger partial charge in [-0.3, -0.25) is 14.4 Å². The Hall–Kier alpha value is -1.39. The molecule has 0 aromatic rings. The molecule has 5 heteroatoms. The summed E-state index contributed by atoms with van der Waals surface area (Å²) in [7, 11) is 1.29. The SMILES string of the molecule is CCOC(=O)C1(CCC(=O)OC)CCCCC1=O. The van der Waals surface area contributed by atoms with Gasteiger partial charge in [-0.2, -0.15) is 0 Å². The van der Waals surface area contributed by atoms with Crippen LogP contribution in [0.5, 0.6) is 0 Å². The van der Waals surface area contributed by atoms with E-state index in [9.17, 15) is 14.4 Å². The van der Waals surface area contributed by atoms with Gasteiger partial charge in [-0.25, -0.2) is 0 Å². The van der Waals surface area contributed by atoms with Crippen LogP contribution in [0.25, 0.3) is 0 Å². The van der Waals surface area contributed by atoms with Crippen LogP contribution in [0.3, 0.4) is 0 Å². The monoisotopic (exact) mass is 256 g/mol. The minimum absolute atomic E-state index is 0.0705. The summed E-state index contributed by atoms with van der Waals surface area (Å²) in [5.41, 5.74) is -1.12. The van der Waals surface area contributed by atoms with Gasteiger partial charge in [0.15, 0.2) is 0 Å². The fourth-order valence-electron chi connectivity index (χ4n) is 2.36. The van der Waals surface area contributed by atoms with Gasteiger partial charge in [-0.05, 0) is 26.2 Å². The van der Waals surface area contributed by atoms with Gasteiger partial charge in [0.1, 0.15) is 11.2 Å². The van der Waals surface area contributed by atoms with E-state index in [4.69, 9.17) is 4.74 Å². The average Bonchev–Trinajstić information content (AvgIpc) is 2.38. The molecule has 0 bridgehead atoms. The Morgan fingerprint density at radius 1 is 1.33 bits per heavy atom. The van der Waals surface area contributed by atoms with Crippen LogP contribution >= 0.6 is 0 Å². The average molecular weight is 256 g/mol. The van der Waals surface area contributed by atoms with Crippen molar-refractivity contribution in [3.8, 4) is 0 Å². The standard InChI is InChI=1S/C13H20O5/c1-3-18-12(16)13(9-7-11(15)17-2)8-5-4-6-10(13)14/h3-9H2,1-2H3. The van der Waals surface area contributed by atoms with Crippen molar-refractivity contribution >= 4 is 17.7 Å². The molecule has 102 valence electrons. The molecule has 0 heterocycles. The summed E-state index contributed by atoms with van der Waals surface area (Å²) >= 11 is 0. The number of ether oxygens (including phenoxy) is 2. The molecule has 18 heavy (non-hydrogen) atoms. The molecule has 1 fully saturated rings. The minimum atomic E-state index is -1.12. The second-order valence-electron chi connectivity index (χ2n) is 4.51. The molecule has 0 saturated heterocycles. The molecule has 1 aliphatic rings. The summed E-state index contributed by atoms with van der Waals surface area (Å²) in [4.78, 5) is 35.3. The molecule has 0 spiro atoms. The summed E-state index contributed by atoms with van der Waals surface area (Å²) in [5.74, 6) is -0.994. The topological polar surface area (TPSA) is 69.7 Å². The molecule has 0 amide bonds. The first-order valence-corrected chi connectivity index (χ1v) is 6.34. The Bertz CT molecular complexity index is 336. The highest BCUT2D eigenvalue weighted by atomic mass is 16.5. The highest BCUT2D eigenvalue weighted by Gasteiger charge is 2.47. The van der Waals surface area contributed by atoms with Crippen molar-refractivity contribution in [3.63, 3.8) is 0 Å². The lowest BCUT2D eigenvalue weighted by Gasteiger charge is -2.32. The van der Waals surface area contributed by atoms with Gasteiger partial charge in [0, 0.05) is 12.8 Å². The molecule has 0 aromatic carbocycles. The number of carbonyl (C=O) groups excluding carboxylic acids is 3. The van der Waals surface area contributed by atoms with E-state index in [2.05, 4.69) is 4.74 Å². The van der Waals surface area contributed by atoms with Crippen LogP contribution in [0.1, 0.15) is 45.4 Å². The molecule has 1 saturated carbocycles. The van der Waals surface area contributed by atoms with E-state index < -0.39 is 17.4 Å². The lowest BCUT2D eigenvalue weighted by molar-refractivity contribution is -0.163. The van der Waals surface area contributed by atoms with Gasteiger partial charge in [-0.1, -0.05) is 6.42 Å². The first-order chi connectivity index (χ1) is 8.56. The Morgan fingerprint density at radius 2 is 2.06 bits per heavy atom. The van der Waals surface area contributed by atoms with Crippen molar-refractivity contribution in [1.29, 1.82) is 0 Å². The lowest BCUT2D eigenvalue weighted by atomic mass is 9.70. The summed E-state index contributed by atoms with van der Waals surface area (Å²) in [6, 6.07) is 0. The van der Waals surface area contributed by atoms with E-state index in [1.807, 2.05) is 0 Å². The predicted molar refractivity (Wildman–Crippen MR) is 63.8 cm³/mol. The van der Waals surface area contributed by atoms with Crippen LogP contribution in [0.4, 0.5) is 0 Å². The van der Waals surface area contributed by atoms with E-state index in [-0.39, 0.29) is 25.2 Å². The van der Waals surface area contributed by atoms with E-state index in [1.54, 1.807) is 6.92 Å². The van der Waals surface area contributed by atoms with Crippen LogP contribution < -0.4 is 0 Å². The van der Waals surface area contributed by atoms with Crippen molar-refractivity contribution in [2.45, 2.75) is 45.4 Å². The second-order valence-corrected chi connectivity index (χ2v) is 4.51. The maximum absolute atomic E-state index is 12.1. The van der Waals surface area contributed by atoms with Gasteiger partial charge in [0.2, 0.25) is 0 Å². The number of methoxy groups -OCH3 is 1. The van der Waals surface area contributed by atoms with Crippen molar-refractivity contribution in [2.24, 2.45) is 5.41 Å². The lowest BCUT2D eigenvalue weighted by Crippen LogP contribution is -2.43. The second kappa shape index (κ2) is 6.52. The smallest absolute Gasteiger partial charge is 0.319 e. The minimum Gasteiger partial charge on any atom is -0.469 e. The van der Waals surface area contributed by atoms with E-state index in [0.717, 1.165) is 12.8 Å². The third-order valence-corrected chi connectivity index (χ3v) is 3.44. The van der Waals surface area contributed by atoms with E-state index in [1.165, 1.54) is 7.11 Å². The fourth-order valence-corrected chi connectivity index (χ4v) is 2.36. The molecule has 0 N–H and O–H groups in total. The highest BCUT2D eigenvalue weighted by molar-refractivity contribution is 6.04. The normalized spacial score (nSPS) is 23.6. The molecule has 0 aromatic heterocycles. The molecule has 1 aliphatic carbocycles. The molecule has 0 radical (unpaired) electrons. The number of carbonyl (C=O) groups is 3. The van der Waals surface area contributed by atoms with E-state index in [0.29, 0.717) is 12.8 Å². The zero-order valence-corrected chi connectivity index (χ0v) is 11.0. The maximum atomic E-state index is 12.1. The number of rotatable bonds is 5. The van der Waals surface area contributed by atoms with Crippen LogP contribution in [0.15, 0.2) is 0 Å². The zero-order chi connectivity index (χ0) is 13.6. The number of ketones is 1. The van der Waals surface area contributed by atoms with Crippen molar-refractivity contribution < 1.29 is 23.9 Å². The van der Waals surface area contributed by atoms with E-state index >= 15 is 0 Å². The van der Waals surface area contributed by atoms with Gasteiger partial charge in [0.25, 0.3) is 0 Å². The summed E-state index contributed by atoms with van der Waals surface area (Å²) in [6.07, 6.45) is 2.74. The molecule has 1 atom stereocenters. The van der Waals surface area contributed by atoms with Gasteiger partial charge in [-0.15, -0.1) is 0 Å². The van der Waals surface area contributed by atoms with Crippen LogP contribution in [-0.4, -0.2) is 31.4 Å². The molecule has 5 nitrogen and oxygen atoms in total. The van der Waals surface area contributed by atoms with Gasteiger partial charge in [0.05, 0.1) is 13.7 Å². The quantitative estimate of drug-likeness (QED) is 0.552. The van der Waals surface area contributed by atoms with Crippen LogP contribution in [0.2, 0.25) is 0 Å². The van der Waals surface area contributed by atoms with Crippen LogP contribution in [-0.2, 0) is 23.9 Å². The van der Waals surface area contributed by atoms with Gasteiger partial charge < -0.3 is 9.47 Å². The summed E-state index contributed by atoms with van der Waals surface area (Å²) in [6.45, 7) is 1.95. The Labute approximate surface area is 107 Å². The summed E-state index contributed by atoms with van der Waals surface area (Å²) < 4.78 is 9.57. The van der Waals surface area contributed by atoms with Crippen molar-refractivity contribution in [1.82, 2.24) is 0 Å². The molecule has 0 aliphatic heterocycles. The molecular formula is C13H20O5. The fraction of sp³-hybridized carbons (Fsp3) is 0.769. The number of hydrogen-bond donors (Lipinski definition) is 0. The van der Waals surface area contributed by atoms with Gasteiger partial charge >= 0.3 is 11.9 Å². The van der Waals surface area contributed by atoms with Crippen molar-refractivity contribution in [3.05, 3.63) is 0 Å². The molecule has 1 unspecified atom stereocenters. The first kappa shape index (κ1) is 14.7. The predicted octanol–water partition coefficient (Wildman–Crippen LogP) is 1.63. The summed E-state index contributed by atoms with van der Waals surface area (Å²) in [5, 5.41) is 0. The number of hydrogen-bond acceptors (Lipinski definition) is 5. The van der Waals surface area contributed by atoms with Crippen LogP contribution in [0, 0.1) is 5.41 Å². The first-order valence-electron chi connectivity index (χ1n) is 6.34. The number of Topliss-reactive ketones (excluding diaryl/α,β-unsaturated/α-hetero) is 1. The highest BCUT2D eigenvalue weighted by Crippen LogP contribution is 2.38. The third kappa shape index (κ3) is 3.09. The number of esters is 2. The Kier molecular flexibility index (Phi) is 5.31. The van der Waals surface area contributed by atoms with Crippen molar-refractivity contribution in [2.75, 3.05) is 13.7 Å². The Balaban J connectivity index is 2.82. The Morgan fingerprint density at radius 3 is 2.61 bits per heavy atom. The third-order valence-electron chi connectivity index (χ3n) is 3.44. The zero-order valence-electron chi connectivity index (χ0n) is 11.0. The molecular weight excluding hydrogens is 236 g/mol. The maximum Gasteiger partial charge on any atom is 0.319 e. The largest absolute Gasteiger partial charge is 0.469 e.